The van der Waals surface area contributed by atoms with Gasteiger partial charge in [0.15, 0.2) is 0 Å². The molecule has 1 aliphatic heterocycles. The maximum Gasteiger partial charge on any atom is 0.224 e. The number of nitrogens with one attached hydrogen (secondary N) is 1. The number of hydrogen-bond acceptors (Lipinski definition) is 2. The van der Waals surface area contributed by atoms with E-state index >= 15 is 0 Å². The molecule has 3 nitrogen and oxygen atoms in total. The van der Waals surface area contributed by atoms with Gasteiger partial charge in [-0.15, -0.1) is 0 Å². The lowest BCUT2D eigenvalue weighted by atomic mass is 9.73. The van der Waals surface area contributed by atoms with E-state index in [2.05, 4.69) is 70.4 Å². The van der Waals surface area contributed by atoms with Gasteiger partial charge in [-0.3, -0.25) is 4.79 Å². The topological polar surface area (TPSA) is 38.3 Å². The Hall–Kier alpha value is -2.08. The van der Waals surface area contributed by atoms with Crippen LogP contribution in [0.3, 0.4) is 0 Å². The molecular weight excluding hydrogens is 461 g/mol. The second-order valence-corrected chi connectivity index (χ2v) is 9.21. The summed E-state index contributed by atoms with van der Waals surface area (Å²) < 4.78 is 7.53. The minimum absolute atomic E-state index is 0.0172. The molecule has 1 spiro atoms. The standard InChI is InChI=1S/C24H22INO2/c25-18-9-10-20-21(15-24(11-4-12-24)28-22(20)14-18)26-23(27)13-17-7-3-6-16-5-1-2-8-19(16)17/h1-3,5-10,14,21H,4,11-13,15H2,(H,26,27). The highest BCUT2D eigenvalue weighted by atomic mass is 127. The Morgan fingerprint density at radius 2 is 1.93 bits per heavy atom. The normalized spacial score (nSPS) is 19.5. The first-order valence-electron chi connectivity index (χ1n) is 9.86. The van der Waals surface area contributed by atoms with Crippen LogP contribution in [0.4, 0.5) is 0 Å². The van der Waals surface area contributed by atoms with Crippen molar-refractivity contribution in [3.8, 4) is 5.75 Å². The second kappa shape index (κ2) is 7.07. The van der Waals surface area contributed by atoms with Gasteiger partial charge < -0.3 is 10.1 Å². The molecule has 1 amide bonds. The molecule has 0 radical (unpaired) electrons. The molecule has 1 heterocycles. The van der Waals surface area contributed by atoms with E-state index in [4.69, 9.17) is 4.74 Å². The van der Waals surface area contributed by atoms with E-state index in [1.807, 2.05) is 18.2 Å². The smallest absolute Gasteiger partial charge is 0.224 e. The Bertz CT molecular complexity index is 1050. The molecule has 142 valence electrons. The maximum atomic E-state index is 13.0. The van der Waals surface area contributed by atoms with Crippen molar-refractivity contribution in [1.82, 2.24) is 5.32 Å². The predicted molar refractivity (Wildman–Crippen MR) is 120 cm³/mol. The zero-order valence-corrected chi connectivity index (χ0v) is 17.7. The van der Waals surface area contributed by atoms with E-state index in [0.29, 0.717) is 6.42 Å². The molecule has 0 bridgehead atoms. The minimum atomic E-state index is -0.0885. The van der Waals surface area contributed by atoms with Crippen LogP contribution in [-0.2, 0) is 11.2 Å². The van der Waals surface area contributed by atoms with Crippen molar-refractivity contribution in [3.05, 3.63) is 75.4 Å². The van der Waals surface area contributed by atoms with Gasteiger partial charge in [-0.1, -0.05) is 48.5 Å². The Morgan fingerprint density at radius 3 is 2.75 bits per heavy atom. The fourth-order valence-corrected chi connectivity index (χ4v) is 4.98. The van der Waals surface area contributed by atoms with Crippen LogP contribution < -0.4 is 10.1 Å². The molecule has 1 atom stereocenters. The molecule has 3 aromatic carbocycles. The average Bonchev–Trinajstić information content (AvgIpc) is 2.66. The molecule has 0 saturated heterocycles. The van der Waals surface area contributed by atoms with Crippen LogP contribution in [0, 0.1) is 3.57 Å². The van der Waals surface area contributed by atoms with E-state index in [0.717, 1.165) is 45.1 Å². The van der Waals surface area contributed by atoms with Crippen molar-refractivity contribution in [3.63, 3.8) is 0 Å². The van der Waals surface area contributed by atoms with Crippen LogP contribution in [0.1, 0.15) is 42.9 Å². The molecular formula is C24H22INO2. The van der Waals surface area contributed by atoms with Crippen LogP contribution in [0.2, 0.25) is 0 Å². The number of hydrogen-bond donors (Lipinski definition) is 1. The summed E-state index contributed by atoms with van der Waals surface area (Å²) in [6.45, 7) is 0. The highest BCUT2D eigenvalue weighted by Crippen LogP contribution is 2.49. The Morgan fingerprint density at radius 1 is 1.11 bits per heavy atom. The van der Waals surface area contributed by atoms with Crippen molar-refractivity contribution in [2.75, 3.05) is 0 Å². The van der Waals surface area contributed by atoms with Crippen molar-refractivity contribution in [2.45, 2.75) is 43.7 Å². The molecule has 0 aromatic heterocycles. The third-order valence-electron chi connectivity index (χ3n) is 6.08. The van der Waals surface area contributed by atoms with E-state index in [-0.39, 0.29) is 17.6 Å². The number of amides is 1. The molecule has 28 heavy (non-hydrogen) atoms. The number of benzene rings is 3. The summed E-state index contributed by atoms with van der Waals surface area (Å²) >= 11 is 2.32. The Balaban J connectivity index is 1.40. The molecule has 1 fully saturated rings. The van der Waals surface area contributed by atoms with Crippen molar-refractivity contribution in [1.29, 1.82) is 0 Å². The summed E-state index contributed by atoms with van der Waals surface area (Å²) in [4.78, 5) is 13.0. The molecule has 1 N–H and O–H groups in total. The molecule has 1 saturated carbocycles. The summed E-state index contributed by atoms with van der Waals surface area (Å²) in [6.07, 6.45) is 4.62. The fourth-order valence-electron chi connectivity index (χ4n) is 4.51. The van der Waals surface area contributed by atoms with Crippen LogP contribution in [-0.4, -0.2) is 11.5 Å². The van der Waals surface area contributed by atoms with Crippen LogP contribution in [0.5, 0.6) is 5.75 Å². The molecule has 3 aromatic rings. The first-order valence-corrected chi connectivity index (χ1v) is 10.9. The van der Waals surface area contributed by atoms with Gasteiger partial charge in [-0.2, -0.15) is 0 Å². The van der Waals surface area contributed by atoms with Gasteiger partial charge in [0.05, 0.1) is 12.5 Å². The zero-order valence-electron chi connectivity index (χ0n) is 15.6. The average molecular weight is 483 g/mol. The summed E-state index contributed by atoms with van der Waals surface area (Å²) in [5, 5.41) is 5.63. The lowest BCUT2D eigenvalue weighted by molar-refractivity contribution is -0.122. The van der Waals surface area contributed by atoms with E-state index < -0.39 is 0 Å². The van der Waals surface area contributed by atoms with Gasteiger partial charge in [-0.05, 0) is 70.3 Å². The van der Waals surface area contributed by atoms with Gasteiger partial charge in [0.25, 0.3) is 0 Å². The maximum absolute atomic E-state index is 13.0. The zero-order chi connectivity index (χ0) is 19.1. The lowest BCUT2D eigenvalue weighted by Gasteiger charge is -2.48. The van der Waals surface area contributed by atoms with Crippen molar-refractivity contribution >= 4 is 39.3 Å². The summed E-state index contributed by atoms with van der Waals surface area (Å²) in [5.41, 5.74) is 2.09. The number of ether oxygens (including phenoxy) is 1. The van der Waals surface area contributed by atoms with Gasteiger partial charge >= 0.3 is 0 Å². The summed E-state index contributed by atoms with van der Waals surface area (Å²) in [5.74, 6) is 1.01. The third-order valence-corrected chi connectivity index (χ3v) is 6.76. The number of halogens is 1. The lowest BCUT2D eigenvalue weighted by Crippen LogP contribution is -2.50. The number of carbonyl (C=O) groups is 1. The number of carbonyl (C=O) groups excluding carboxylic acids is 1. The van der Waals surface area contributed by atoms with Crippen LogP contribution in [0.15, 0.2) is 60.7 Å². The number of fused-ring (bicyclic) bond motifs is 2. The van der Waals surface area contributed by atoms with Gasteiger partial charge in [-0.25, -0.2) is 0 Å². The van der Waals surface area contributed by atoms with Crippen molar-refractivity contribution < 1.29 is 9.53 Å². The van der Waals surface area contributed by atoms with E-state index in [1.165, 1.54) is 11.8 Å². The van der Waals surface area contributed by atoms with Crippen LogP contribution >= 0.6 is 22.6 Å². The first kappa shape index (κ1) is 18.0. The van der Waals surface area contributed by atoms with Crippen molar-refractivity contribution in [2.24, 2.45) is 0 Å². The highest BCUT2D eigenvalue weighted by molar-refractivity contribution is 14.1. The predicted octanol–water partition coefficient (Wildman–Crippen LogP) is 5.55. The molecule has 2 aliphatic rings. The largest absolute Gasteiger partial charge is 0.487 e. The molecule has 4 heteroatoms. The number of rotatable bonds is 3. The van der Waals surface area contributed by atoms with Gasteiger partial charge in [0.1, 0.15) is 11.4 Å². The van der Waals surface area contributed by atoms with E-state index in [9.17, 15) is 4.79 Å². The van der Waals surface area contributed by atoms with Crippen LogP contribution in [0.25, 0.3) is 10.8 Å². The molecule has 1 aliphatic carbocycles. The third kappa shape index (κ3) is 3.28. The minimum Gasteiger partial charge on any atom is -0.487 e. The second-order valence-electron chi connectivity index (χ2n) is 7.96. The van der Waals surface area contributed by atoms with E-state index in [1.54, 1.807) is 0 Å². The summed E-state index contributed by atoms with van der Waals surface area (Å²) in [7, 11) is 0. The highest BCUT2D eigenvalue weighted by Gasteiger charge is 2.45. The SMILES string of the molecule is O=C(Cc1cccc2ccccc12)NC1CC2(CCC2)Oc2cc(I)ccc21. The summed E-state index contributed by atoms with van der Waals surface area (Å²) in [6, 6.07) is 20.7. The molecule has 5 rings (SSSR count). The Labute approximate surface area is 178 Å². The fraction of sp³-hybridized carbons (Fsp3) is 0.292. The first-order chi connectivity index (χ1) is 13.6. The Kier molecular flexibility index (Phi) is 4.54. The monoisotopic (exact) mass is 483 g/mol. The van der Waals surface area contributed by atoms with Gasteiger partial charge in [0.2, 0.25) is 5.91 Å². The van der Waals surface area contributed by atoms with Gasteiger partial charge in [0, 0.05) is 15.6 Å². The quantitative estimate of drug-likeness (QED) is 0.497. The molecule has 1 unspecified atom stereocenters.